The SMILES string of the molecule is CCC(=O)OC(C)O/N=[N+](\[O-])N(C)C(C)(C)C(=O)O. The van der Waals surface area contributed by atoms with Gasteiger partial charge < -0.3 is 15.1 Å². The van der Waals surface area contributed by atoms with E-state index in [9.17, 15) is 14.8 Å². The molecule has 1 atom stereocenters. The van der Waals surface area contributed by atoms with Crippen LogP contribution < -0.4 is 0 Å². The summed E-state index contributed by atoms with van der Waals surface area (Å²) in [6, 6.07) is 0. The van der Waals surface area contributed by atoms with Crippen LogP contribution in [0.15, 0.2) is 5.28 Å². The van der Waals surface area contributed by atoms with E-state index in [4.69, 9.17) is 9.84 Å². The number of rotatable bonds is 7. The number of esters is 1. The highest BCUT2D eigenvalue weighted by Crippen LogP contribution is 2.12. The average molecular weight is 277 g/mol. The maximum atomic E-state index is 11.5. The van der Waals surface area contributed by atoms with E-state index in [1.165, 1.54) is 27.8 Å². The van der Waals surface area contributed by atoms with E-state index in [0.29, 0.717) is 0 Å². The smallest absolute Gasteiger partial charge is 0.334 e. The van der Waals surface area contributed by atoms with Crippen LogP contribution in [0.2, 0.25) is 0 Å². The van der Waals surface area contributed by atoms with E-state index >= 15 is 0 Å². The molecule has 0 radical (unpaired) electrons. The van der Waals surface area contributed by atoms with Gasteiger partial charge in [0.15, 0.2) is 5.54 Å². The van der Waals surface area contributed by atoms with Gasteiger partial charge in [0, 0.05) is 13.3 Å². The van der Waals surface area contributed by atoms with Crippen molar-refractivity contribution in [2.24, 2.45) is 5.28 Å². The molecule has 0 aliphatic rings. The molecule has 0 aromatic rings. The van der Waals surface area contributed by atoms with Crippen molar-refractivity contribution in [3.8, 4) is 0 Å². The third-order valence-electron chi connectivity index (χ3n) is 2.44. The number of hydrazine groups is 1. The minimum atomic E-state index is -1.46. The molecular formula is C10H19N3O6. The molecule has 0 fully saturated rings. The molecule has 0 bridgehead atoms. The molecule has 0 heterocycles. The zero-order valence-corrected chi connectivity index (χ0v) is 11.6. The lowest BCUT2D eigenvalue weighted by molar-refractivity contribution is -0.719. The predicted octanol–water partition coefficient (Wildman–Crippen LogP) is 0.890. The normalized spacial score (nSPS) is 13.6. The lowest BCUT2D eigenvalue weighted by atomic mass is 10.1. The molecule has 110 valence electrons. The largest absolute Gasteiger partial charge is 0.569 e. The van der Waals surface area contributed by atoms with E-state index in [2.05, 4.69) is 10.1 Å². The molecule has 0 saturated heterocycles. The van der Waals surface area contributed by atoms with E-state index in [1.54, 1.807) is 6.92 Å². The number of carboxylic acid groups (broad SMARTS) is 1. The molecule has 0 aliphatic carbocycles. The monoisotopic (exact) mass is 277 g/mol. The Balaban J connectivity index is 4.57. The predicted molar refractivity (Wildman–Crippen MR) is 62.5 cm³/mol. The average Bonchev–Trinajstić information content (AvgIpc) is 2.34. The number of carboxylic acids is 1. The van der Waals surface area contributed by atoms with Crippen LogP contribution in [-0.2, 0) is 19.2 Å². The summed E-state index contributed by atoms with van der Waals surface area (Å²) in [6.07, 6.45) is -0.869. The van der Waals surface area contributed by atoms with Gasteiger partial charge >= 0.3 is 11.9 Å². The molecule has 0 amide bonds. The Bertz CT molecular complexity index is 368. The minimum absolute atomic E-state index is 0.0234. The summed E-state index contributed by atoms with van der Waals surface area (Å²) >= 11 is 0. The number of hydrogen-bond donors (Lipinski definition) is 1. The number of nitrogens with zero attached hydrogens (tertiary/aromatic N) is 3. The third kappa shape index (κ3) is 4.98. The topological polar surface area (TPSA) is 114 Å². The third-order valence-corrected chi connectivity index (χ3v) is 2.44. The Kier molecular flexibility index (Phi) is 6.03. The van der Waals surface area contributed by atoms with E-state index < -0.39 is 23.8 Å². The maximum absolute atomic E-state index is 11.5. The van der Waals surface area contributed by atoms with Gasteiger partial charge in [0.2, 0.25) is 5.28 Å². The van der Waals surface area contributed by atoms with Gasteiger partial charge in [-0.2, -0.15) is 0 Å². The summed E-state index contributed by atoms with van der Waals surface area (Å²) in [5.74, 6) is -1.70. The van der Waals surface area contributed by atoms with Crippen LogP contribution in [-0.4, -0.2) is 45.9 Å². The lowest BCUT2D eigenvalue weighted by Crippen LogP contribution is -2.50. The van der Waals surface area contributed by atoms with E-state index in [0.717, 1.165) is 5.01 Å². The maximum Gasteiger partial charge on any atom is 0.334 e. The summed E-state index contributed by atoms with van der Waals surface area (Å²) in [5, 5.41) is 24.4. The Morgan fingerprint density at radius 1 is 1.53 bits per heavy atom. The van der Waals surface area contributed by atoms with Crippen LogP contribution in [0.3, 0.4) is 0 Å². The van der Waals surface area contributed by atoms with Crippen molar-refractivity contribution in [3.63, 3.8) is 0 Å². The second-order valence-corrected chi connectivity index (χ2v) is 4.24. The Labute approximate surface area is 110 Å². The fraction of sp³-hybridized carbons (Fsp3) is 0.800. The van der Waals surface area contributed by atoms with E-state index in [-0.39, 0.29) is 11.4 Å². The molecule has 9 heteroatoms. The molecular weight excluding hydrogens is 258 g/mol. The molecule has 1 N–H and O–H groups in total. The Hall–Kier alpha value is -2.06. The summed E-state index contributed by atoms with van der Waals surface area (Å²) in [5.41, 5.74) is -1.46. The van der Waals surface area contributed by atoms with E-state index in [1.807, 2.05) is 0 Å². The zero-order chi connectivity index (χ0) is 15.2. The molecule has 0 aliphatic heterocycles. The molecule has 9 nitrogen and oxygen atoms in total. The van der Waals surface area contributed by atoms with Gasteiger partial charge in [0.25, 0.3) is 6.29 Å². The van der Waals surface area contributed by atoms with Crippen LogP contribution in [0.1, 0.15) is 34.1 Å². The zero-order valence-electron chi connectivity index (χ0n) is 11.6. The first-order chi connectivity index (χ1) is 8.62. The van der Waals surface area contributed by atoms with Crippen molar-refractivity contribution in [2.45, 2.75) is 45.9 Å². The van der Waals surface area contributed by atoms with Crippen LogP contribution in [0, 0.1) is 5.21 Å². The second kappa shape index (κ2) is 6.76. The molecule has 0 rings (SSSR count). The van der Waals surface area contributed by atoms with Crippen molar-refractivity contribution < 1.29 is 29.2 Å². The number of hydrogen-bond acceptors (Lipinski definition) is 6. The first-order valence-electron chi connectivity index (χ1n) is 5.63. The van der Waals surface area contributed by atoms with Crippen LogP contribution in [0.25, 0.3) is 0 Å². The van der Waals surface area contributed by atoms with Crippen LogP contribution in [0.4, 0.5) is 0 Å². The highest BCUT2D eigenvalue weighted by atomic mass is 16.8. The second-order valence-electron chi connectivity index (χ2n) is 4.24. The fourth-order valence-corrected chi connectivity index (χ4v) is 0.804. The summed E-state index contributed by atoms with van der Waals surface area (Å²) in [4.78, 5) is 26.5. The van der Waals surface area contributed by atoms with Crippen molar-refractivity contribution in [2.75, 3.05) is 7.05 Å². The molecule has 0 aromatic carbocycles. The van der Waals surface area contributed by atoms with Crippen molar-refractivity contribution in [1.82, 2.24) is 5.01 Å². The lowest BCUT2D eigenvalue weighted by Gasteiger charge is -2.26. The number of likely N-dealkylation sites (N-methyl/N-ethyl adjacent to an activating group) is 1. The van der Waals surface area contributed by atoms with Gasteiger partial charge in [-0.05, 0) is 13.8 Å². The van der Waals surface area contributed by atoms with Gasteiger partial charge in [0.05, 0.1) is 12.0 Å². The van der Waals surface area contributed by atoms with Crippen molar-refractivity contribution in [3.05, 3.63) is 5.21 Å². The number of carbonyl (C=O) groups is 2. The Morgan fingerprint density at radius 3 is 2.47 bits per heavy atom. The number of carbonyl (C=O) groups excluding carboxylic acids is 1. The van der Waals surface area contributed by atoms with Crippen LogP contribution >= 0.6 is 0 Å². The van der Waals surface area contributed by atoms with Gasteiger partial charge in [-0.15, -0.1) is 5.01 Å². The first kappa shape index (κ1) is 16.9. The quantitative estimate of drug-likeness (QED) is 0.241. The van der Waals surface area contributed by atoms with Gasteiger partial charge in [-0.3, -0.25) is 9.63 Å². The number of ether oxygens (including phenoxy) is 1. The summed E-state index contributed by atoms with van der Waals surface area (Å²) < 4.78 is 4.71. The highest BCUT2D eigenvalue weighted by Gasteiger charge is 2.38. The first-order valence-corrected chi connectivity index (χ1v) is 5.63. The summed E-state index contributed by atoms with van der Waals surface area (Å²) in [6.45, 7) is 5.65. The van der Waals surface area contributed by atoms with Gasteiger partial charge in [-0.1, -0.05) is 6.92 Å². The Morgan fingerprint density at radius 2 is 2.05 bits per heavy atom. The molecule has 1 unspecified atom stereocenters. The van der Waals surface area contributed by atoms with Crippen molar-refractivity contribution >= 4 is 11.9 Å². The fourth-order valence-electron chi connectivity index (χ4n) is 0.804. The highest BCUT2D eigenvalue weighted by molar-refractivity contribution is 5.77. The number of aliphatic carboxylic acids is 1. The molecule has 0 aromatic heterocycles. The summed E-state index contributed by atoms with van der Waals surface area (Å²) in [7, 11) is 1.25. The molecule has 19 heavy (non-hydrogen) atoms. The van der Waals surface area contributed by atoms with Gasteiger partial charge in [0.1, 0.15) is 0 Å². The van der Waals surface area contributed by atoms with Crippen molar-refractivity contribution in [1.29, 1.82) is 0 Å². The standard InChI is InChI=1S/C10H19N3O6/c1-6-8(14)18-7(2)19-11-13(17)12(5)10(3,4)9(15)16/h7H,6H2,1-5H3,(H,15,16)/b13-11-. The molecule has 0 saturated carbocycles. The van der Waals surface area contributed by atoms with Gasteiger partial charge in [-0.25, -0.2) is 4.79 Å². The minimum Gasteiger partial charge on any atom is -0.569 e. The molecule has 0 spiro atoms. The van der Waals surface area contributed by atoms with Crippen LogP contribution in [0.5, 0.6) is 0 Å².